The molecule has 0 spiro atoms. The van der Waals surface area contributed by atoms with Gasteiger partial charge in [0.1, 0.15) is 5.01 Å². The van der Waals surface area contributed by atoms with Crippen molar-refractivity contribution in [2.75, 3.05) is 0 Å². The second-order valence-corrected chi connectivity index (χ2v) is 5.42. The van der Waals surface area contributed by atoms with E-state index in [2.05, 4.69) is 11.1 Å². The second-order valence-electron chi connectivity index (χ2n) is 4.01. The summed E-state index contributed by atoms with van der Waals surface area (Å²) in [6.45, 7) is 0.541. The van der Waals surface area contributed by atoms with Crippen LogP contribution in [-0.4, -0.2) is 4.98 Å². The number of benzene rings is 2. The molecule has 0 aliphatic carbocycles. The fourth-order valence-corrected chi connectivity index (χ4v) is 3.12. The van der Waals surface area contributed by atoms with Gasteiger partial charge in [-0.15, -0.1) is 11.3 Å². The molecule has 0 fully saturated rings. The Bertz CT molecular complexity index is 706. The van der Waals surface area contributed by atoms with E-state index in [1.807, 2.05) is 36.4 Å². The van der Waals surface area contributed by atoms with Crippen molar-refractivity contribution in [2.45, 2.75) is 6.54 Å². The van der Waals surface area contributed by atoms with Crippen molar-refractivity contribution in [3.8, 4) is 10.6 Å². The Morgan fingerprint density at radius 3 is 2.78 bits per heavy atom. The number of fused-ring (bicyclic) bond motifs is 1. The number of hydrogen-bond donors (Lipinski definition) is 1. The second kappa shape index (κ2) is 4.69. The van der Waals surface area contributed by atoms with Crippen LogP contribution in [0.1, 0.15) is 5.56 Å². The number of thiazole rings is 1. The molecular weight excluding hydrogens is 264 g/mol. The zero-order valence-electron chi connectivity index (χ0n) is 9.56. The lowest BCUT2D eigenvalue weighted by atomic mass is 10.1. The lowest BCUT2D eigenvalue weighted by Crippen LogP contribution is -1.95. The van der Waals surface area contributed by atoms with Crippen LogP contribution in [-0.2, 0) is 6.54 Å². The van der Waals surface area contributed by atoms with Crippen molar-refractivity contribution < 1.29 is 0 Å². The Labute approximate surface area is 114 Å². The van der Waals surface area contributed by atoms with Gasteiger partial charge in [0.05, 0.1) is 15.2 Å². The lowest BCUT2D eigenvalue weighted by molar-refractivity contribution is 1.07. The molecule has 18 heavy (non-hydrogen) atoms. The first-order valence-corrected chi connectivity index (χ1v) is 6.82. The van der Waals surface area contributed by atoms with Crippen molar-refractivity contribution in [2.24, 2.45) is 5.73 Å². The van der Waals surface area contributed by atoms with Gasteiger partial charge in [0.15, 0.2) is 0 Å². The van der Waals surface area contributed by atoms with E-state index in [0.717, 1.165) is 31.4 Å². The van der Waals surface area contributed by atoms with E-state index in [9.17, 15) is 0 Å². The minimum atomic E-state index is 0.541. The van der Waals surface area contributed by atoms with Crippen molar-refractivity contribution in [3.63, 3.8) is 0 Å². The maximum atomic E-state index is 6.17. The third-order valence-corrected chi connectivity index (χ3v) is 4.36. The van der Waals surface area contributed by atoms with Gasteiger partial charge in [-0.2, -0.15) is 0 Å². The number of nitrogens with two attached hydrogens (primary N) is 1. The lowest BCUT2D eigenvalue weighted by Gasteiger charge is -1.99. The molecule has 2 nitrogen and oxygen atoms in total. The number of rotatable bonds is 2. The third-order valence-electron chi connectivity index (χ3n) is 2.78. The molecule has 90 valence electrons. The van der Waals surface area contributed by atoms with Gasteiger partial charge in [0.25, 0.3) is 0 Å². The summed E-state index contributed by atoms with van der Waals surface area (Å²) in [6, 6.07) is 13.9. The van der Waals surface area contributed by atoms with Crippen LogP contribution < -0.4 is 5.73 Å². The van der Waals surface area contributed by atoms with E-state index in [1.165, 1.54) is 0 Å². The molecule has 0 saturated carbocycles. The van der Waals surface area contributed by atoms with Crippen LogP contribution in [0.25, 0.3) is 20.8 Å². The van der Waals surface area contributed by atoms with E-state index < -0.39 is 0 Å². The fraction of sp³-hybridized carbons (Fsp3) is 0.0714. The van der Waals surface area contributed by atoms with Crippen LogP contribution in [0.5, 0.6) is 0 Å². The van der Waals surface area contributed by atoms with Crippen molar-refractivity contribution in [1.29, 1.82) is 0 Å². The minimum absolute atomic E-state index is 0.541. The summed E-state index contributed by atoms with van der Waals surface area (Å²) in [5.74, 6) is 0. The summed E-state index contributed by atoms with van der Waals surface area (Å²) in [6.07, 6.45) is 0. The number of aromatic nitrogens is 1. The monoisotopic (exact) mass is 274 g/mol. The van der Waals surface area contributed by atoms with E-state index in [1.54, 1.807) is 11.3 Å². The summed E-state index contributed by atoms with van der Waals surface area (Å²) in [4.78, 5) is 4.61. The van der Waals surface area contributed by atoms with Crippen LogP contribution in [0.2, 0.25) is 5.02 Å². The molecule has 0 unspecified atom stereocenters. The van der Waals surface area contributed by atoms with E-state index in [-0.39, 0.29) is 0 Å². The van der Waals surface area contributed by atoms with Crippen molar-refractivity contribution in [1.82, 2.24) is 4.98 Å². The van der Waals surface area contributed by atoms with E-state index in [0.29, 0.717) is 6.54 Å². The molecule has 3 aromatic rings. The highest BCUT2D eigenvalue weighted by Gasteiger charge is 2.08. The van der Waals surface area contributed by atoms with Crippen LogP contribution in [0.4, 0.5) is 0 Å². The molecule has 0 aliphatic rings. The van der Waals surface area contributed by atoms with Gasteiger partial charge in [0.2, 0.25) is 0 Å². The van der Waals surface area contributed by atoms with Crippen molar-refractivity contribution in [3.05, 3.63) is 53.1 Å². The molecule has 0 amide bonds. The smallest absolute Gasteiger partial charge is 0.124 e. The minimum Gasteiger partial charge on any atom is -0.326 e. The topological polar surface area (TPSA) is 38.9 Å². The molecule has 0 saturated heterocycles. The van der Waals surface area contributed by atoms with Gasteiger partial charge < -0.3 is 5.73 Å². The molecule has 0 aliphatic heterocycles. The molecule has 4 heteroatoms. The third kappa shape index (κ3) is 2.01. The Morgan fingerprint density at radius 2 is 2.00 bits per heavy atom. The Kier molecular flexibility index (Phi) is 3.04. The van der Waals surface area contributed by atoms with Gasteiger partial charge >= 0.3 is 0 Å². The summed E-state index contributed by atoms with van der Waals surface area (Å²) >= 11 is 7.78. The zero-order valence-corrected chi connectivity index (χ0v) is 11.1. The largest absolute Gasteiger partial charge is 0.326 e. The molecule has 0 atom stereocenters. The zero-order chi connectivity index (χ0) is 12.5. The number of halogens is 1. The molecule has 0 bridgehead atoms. The highest BCUT2D eigenvalue weighted by atomic mass is 35.5. The SMILES string of the molecule is NCc1cccc(-c2nc3cccc(Cl)c3s2)c1. The molecular formula is C14H11ClN2S. The number of hydrogen-bond acceptors (Lipinski definition) is 3. The predicted octanol–water partition coefficient (Wildman–Crippen LogP) is 4.08. The maximum Gasteiger partial charge on any atom is 0.124 e. The van der Waals surface area contributed by atoms with Gasteiger partial charge in [-0.1, -0.05) is 35.9 Å². The predicted molar refractivity (Wildman–Crippen MR) is 78.0 cm³/mol. The quantitative estimate of drug-likeness (QED) is 0.765. The van der Waals surface area contributed by atoms with Crippen LogP contribution in [0, 0.1) is 0 Å². The Hall–Kier alpha value is -1.42. The average Bonchev–Trinajstić information content (AvgIpc) is 2.84. The summed E-state index contributed by atoms with van der Waals surface area (Å²) < 4.78 is 1.03. The fourth-order valence-electron chi connectivity index (χ4n) is 1.87. The van der Waals surface area contributed by atoms with E-state index in [4.69, 9.17) is 17.3 Å². The highest BCUT2D eigenvalue weighted by Crippen LogP contribution is 2.34. The molecule has 0 radical (unpaired) electrons. The first kappa shape index (κ1) is 11.7. The normalized spacial score (nSPS) is 11.0. The summed E-state index contributed by atoms with van der Waals surface area (Å²) in [7, 11) is 0. The maximum absolute atomic E-state index is 6.17. The molecule has 3 rings (SSSR count). The van der Waals surface area contributed by atoms with Gasteiger partial charge in [0, 0.05) is 12.1 Å². The standard InChI is InChI=1S/C14H11ClN2S/c15-11-5-2-6-12-13(11)18-14(17-12)10-4-1-3-9(7-10)8-16/h1-7H,8,16H2. The Balaban J connectivity index is 2.16. The highest BCUT2D eigenvalue weighted by molar-refractivity contribution is 7.22. The van der Waals surface area contributed by atoms with E-state index >= 15 is 0 Å². The average molecular weight is 275 g/mol. The van der Waals surface area contributed by atoms with Crippen LogP contribution in [0.3, 0.4) is 0 Å². The van der Waals surface area contributed by atoms with Crippen LogP contribution in [0.15, 0.2) is 42.5 Å². The molecule has 1 aromatic heterocycles. The van der Waals surface area contributed by atoms with Gasteiger partial charge in [-0.3, -0.25) is 0 Å². The molecule has 2 aromatic carbocycles. The van der Waals surface area contributed by atoms with Crippen LogP contribution >= 0.6 is 22.9 Å². The van der Waals surface area contributed by atoms with Gasteiger partial charge in [-0.25, -0.2) is 4.98 Å². The molecule has 2 N–H and O–H groups in total. The number of nitrogens with zero attached hydrogens (tertiary/aromatic N) is 1. The molecule has 1 heterocycles. The van der Waals surface area contributed by atoms with Crippen molar-refractivity contribution >= 4 is 33.2 Å². The van der Waals surface area contributed by atoms with Gasteiger partial charge in [-0.05, 0) is 23.8 Å². The first-order chi connectivity index (χ1) is 8.78. The first-order valence-electron chi connectivity index (χ1n) is 5.62. The summed E-state index contributed by atoms with van der Waals surface area (Å²) in [5.41, 5.74) is 8.80. The Morgan fingerprint density at radius 1 is 1.17 bits per heavy atom. The summed E-state index contributed by atoms with van der Waals surface area (Å²) in [5, 5.41) is 1.74.